The molecule has 1 saturated heterocycles. The van der Waals surface area contributed by atoms with Crippen LogP contribution in [0.5, 0.6) is 0 Å². The quantitative estimate of drug-likeness (QED) is 0.806. The molecule has 2 unspecified atom stereocenters. The summed E-state index contributed by atoms with van der Waals surface area (Å²) in [5, 5.41) is 9.50. The van der Waals surface area contributed by atoms with Crippen molar-refractivity contribution in [3.05, 3.63) is 0 Å². The van der Waals surface area contributed by atoms with Crippen LogP contribution in [-0.4, -0.2) is 59.1 Å². The summed E-state index contributed by atoms with van der Waals surface area (Å²) in [4.78, 5) is 16.6. The van der Waals surface area contributed by atoms with E-state index in [9.17, 15) is 9.90 Å². The van der Waals surface area contributed by atoms with Crippen LogP contribution in [-0.2, 0) is 4.79 Å². The van der Waals surface area contributed by atoms with Crippen LogP contribution in [0.2, 0.25) is 0 Å². The molecule has 1 aliphatic carbocycles. The molecule has 0 bridgehead atoms. The first-order chi connectivity index (χ1) is 8.65. The highest BCUT2D eigenvalue weighted by Crippen LogP contribution is 2.26. The Labute approximate surface area is 110 Å². The van der Waals surface area contributed by atoms with Crippen molar-refractivity contribution in [1.82, 2.24) is 9.80 Å². The molecule has 0 radical (unpaired) electrons. The standard InChI is InChI=1S/C14H26N2O2/c1-11-8-9-16(12-6-4-3-5-7-12)14(18)13(10-17)15(11)2/h11-13,17H,3-10H2,1-2H3. The molecule has 4 nitrogen and oxygen atoms in total. The van der Waals surface area contributed by atoms with Gasteiger partial charge in [0.2, 0.25) is 5.91 Å². The maximum Gasteiger partial charge on any atom is 0.242 e. The van der Waals surface area contributed by atoms with Gasteiger partial charge in [-0.05, 0) is 33.2 Å². The first-order valence-electron chi connectivity index (χ1n) is 7.28. The predicted molar refractivity (Wildman–Crippen MR) is 71.3 cm³/mol. The van der Waals surface area contributed by atoms with Crippen molar-refractivity contribution in [3.63, 3.8) is 0 Å². The molecular weight excluding hydrogens is 228 g/mol. The lowest BCUT2D eigenvalue weighted by Crippen LogP contribution is -2.51. The van der Waals surface area contributed by atoms with E-state index >= 15 is 0 Å². The van der Waals surface area contributed by atoms with Gasteiger partial charge in [-0.2, -0.15) is 0 Å². The normalized spacial score (nSPS) is 32.6. The maximum absolute atomic E-state index is 12.6. The molecule has 1 heterocycles. The van der Waals surface area contributed by atoms with Gasteiger partial charge < -0.3 is 10.0 Å². The summed E-state index contributed by atoms with van der Waals surface area (Å²) in [5.41, 5.74) is 0. The smallest absolute Gasteiger partial charge is 0.242 e. The van der Waals surface area contributed by atoms with Crippen LogP contribution in [0.15, 0.2) is 0 Å². The van der Waals surface area contributed by atoms with Crippen LogP contribution in [0.25, 0.3) is 0 Å². The van der Waals surface area contributed by atoms with Crippen molar-refractivity contribution in [2.75, 3.05) is 20.2 Å². The minimum atomic E-state index is -0.343. The number of carbonyl (C=O) groups excluding carboxylic acids is 1. The van der Waals surface area contributed by atoms with E-state index in [2.05, 4.69) is 11.8 Å². The number of hydrogen-bond acceptors (Lipinski definition) is 3. The van der Waals surface area contributed by atoms with E-state index in [0.717, 1.165) is 25.8 Å². The Morgan fingerprint density at radius 3 is 2.50 bits per heavy atom. The predicted octanol–water partition coefficient (Wildman–Crippen LogP) is 1.23. The Balaban J connectivity index is 2.12. The number of aliphatic hydroxyl groups excluding tert-OH is 1. The molecule has 1 aliphatic heterocycles. The summed E-state index contributed by atoms with van der Waals surface area (Å²) in [6.07, 6.45) is 7.07. The third kappa shape index (κ3) is 2.69. The molecule has 1 amide bonds. The van der Waals surface area contributed by atoms with Gasteiger partial charge in [0.1, 0.15) is 6.04 Å². The number of amides is 1. The fourth-order valence-corrected chi connectivity index (χ4v) is 3.27. The second-order valence-electron chi connectivity index (χ2n) is 5.83. The molecule has 0 aromatic rings. The highest BCUT2D eigenvalue weighted by Gasteiger charge is 2.36. The molecule has 2 aliphatic rings. The molecule has 1 saturated carbocycles. The van der Waals surface area contributed by atoms with Crippen LogP contribution >= 0.6 is 0 Å². The number of hydrogen-bond donors (Lipinski definition) is 1. The molecule has 0 aromatic carbocycles. The molecule has 18 heavy (non-hydrogen) atoms. The van der Waals surface area contributed by atoms with Crippen molar-refractivity contribution >= 4 is 5.91 Å². The lowest BCUT2D eigenvalue weighted by Gasteiger charge is -2.35. The second kappa shape index (κ2) is 6.02. The zero-order valence-electron chi connectivity index (χ0n) is 11.6. The molecule has 0 spiro atoms. The highest BCUT2D eigenvalue weighted by atomic mass is 16.3. The summed E-state index contributed by atoms with van der Waals surface area (Å²) in [5.74, 6) is 0.135. The van der Waals surface area contributed by atoms with Crippen molar-refractivity contribution in [2.24, 2.45) is 0 Å². The van der Waals surface area contributed by atoms with Gasteiger partial charge >= 0.3 is 0 Å². The van der Waals surface area contributed by atoms with Gasteiger partial charge in [-0.3, -0.25) is 9.69 Å². The minimum absolute atomic E-state index is 0.0666. The van der Waals surface area contributed by atoms with Crippen molar-refractivity contribution in [2.45, 2.75) is 63.6 Å². The van der Waals surface area contributed by atoms with E-state index in [1.54, 1.807) is 0 Å². The van der Waals surface area contributed by atoms with Gasteiger partial charge in [0.05, 0.1) is 6.61 Å². The van der Waals surface area contributed by atoms with Gasteiger partial charge in [-0.1, -0.05) is 19.3 Å². The first-order valence-corrected chi connectivity index (χ1v) is 7.28. The Morgan fingerprint density at radius 2 is 1.89 bits per heavy atom. The van der Waals surface area contributed by atoms with Crippen LogP contribution < -0.4 is 0 Å². The molecule has 104 valence electrons. The number of likely N-dealkylation sites (N-methyl/N-ethyl adjacent to an activating group) is 1. The number of rotatable bonds is 2. The Kier molecular flexibility index (Phi) is 4.62. The number of carbonyl (C=O) groups is 1. The van der Waals surface area contributed by atoms with E-state index in [-0.39, 0.29) is 18.6 Å². The number of aliphatic hydroxyl groups is 1. The summed E-state index contributed by atoms with van der Waals surface area (Å²) in [7, 11) is 1.95. The van der Waals surface area contributed by atoms with Gasteiger partial charge in [0, 0.05) is 18.6 Å². The first kappa shape index (κ1) is 13.8. The molecule has 2 fully saturated rings. The number of nitrogens with zero attached hydrogens (tertiary/aromatic N) is 2. The van der Waals surface area contributed by atoms with Crippen LogP contribution in [0.3, 0.4) is 0 Å². The molecule has 2 atom stereocenters. The molecule has 1 N–H and O–H groups in total. The molecule has 4 heteroatoms. The summed E-state index contributed by atoms with van der Waals surface area (Å²) in [6, 6.07) is 0.433. The lowest BCUT2D eigenvalue weighted by molar-refractivity contribution is -0.139. The van der Waals surface area contributed by atoms with Gasteiger partial charge in [0.25, 0.3) is 0 Å². The zero-order valence-corrected chi connectivity index (χ0v) is 11.6. The summed E-state index contributed by atoms with van der Waals surface area (Å²) >= 11 is 0. The SMILES string of the molecule is CC1CCN(C2CCCCC2)C(=O)C(CO)N1C. The van der Waals surface area contributed by atoms with E-state index in [1.807, 2.05) is 11.9 Å². The zero-order chi connectivity index (χ0) is 13.1. The molecular formula is C14H26N2O2. The Hall–Kier alpha value is -0.610. The maximum atomic E-state index is 12.6. The van der Waals surface area contributed by atoms with E-state index in [0.29, 0.717) is 12.1 Å². The highest BCUT2D eigenvalue weighted by molar-refractivity contribution is 5.82. The Morgan fingerprint density at radius 1 is 1.22 bits per heavy atom. The van der Waals surface area contributed by atoms with Crippen LogP contribution in [0.1, 0.15) is 45.4 Å². The van der Waals surface area contributed by atoms with E-state index in [4.69, 9.17) is 0 Å². The van der Waals surface area contributed by atoms with Crippen molar-refractivity contribution in [1.29, 1.82) is 0 Å². The average molecular weight is 254 g/mol. The second-order valence-corrected chi connectivity index (χ2v) is 5.83. The fourth-order valence-electron chi connectivity index (χ4n) is 3.27. The van der Waals surface area contributed by atoms with Crippen LogP contribution in [0, 0.1) is 0 Å². The van der Waals surface area contributed by atoms with Gasteiger partial charge in [-0.15, -0.1) is 0 Å². The molecule has 2 rings (SSSR count). The largest absolute Gasteiger partial charge is 0.394 e. The van der Waals surface area contributed by atoms with Crippen molar-refractivity contribution in [3.8, 4) is 0 Å². The third-order valence-corrected chi connectivity index (χ3v) is 4.73. The Bertz CT molecular complexity index is 290. The third-order valence-electron chi connectivity index (χ3n) is 4.73. The topological polar surface area (TPSA) is 43.8 Å². The summed E-state index contributed by atoms with van der Waals surface area (Å²) in [6.45, 7) is 2.93. The molecule has 0 aromatic heterocycles. The summed E-state index contributed by atoms with van der Waals surface area (Å²) < 4.78 is 0. The minimum Gasteiger partial charge on any atom is -0.394 e. The van der Waals surface area contributed by atoms with E-state index in [1.165, 1.54) is 19.3 Å². The van der Waals surface area contributed by atoms with Crippen molar-refractivity contribution < 1.29 is 9.90 Å². The monoisotopic (exact) mass is 254 g/mol. The van der Waals surface area contributed by atoms with Gasteiger partial charge in [-0.25, -0.2) is 0 Å². The van der Waals surface area contributed by atoms with Gasteiger partial charge in [0.15, 0.2) is 0 Å². The van der Waals surface area contributed by atoms with Crippen LogP contribution in [0.4, 0.5) is 0 Å². The van der Waals surface area contributed by atoms with E-state index < -0.39 is 0 Å². The average Bonchev–Trinajstić information content (AvgIpc) is 2.50. The fraction of sp³-hybridized carbons (Fsp3) is 0.929. The lowest BCUT2D eigenvalue weighted by atomic mass is 9.93.